The molecule has 0 aromatic rings. The van der Waals surface area contributed by atoms with Gasteiger partial charge in [-0.15, -0.1) is 0 Å². The van der Waals surface area contributed by atoms with E-state index < -0.39 is 40.7 Å². The normalized spacial score (nSPS) is 36.9. The summed E-state index contributed by atoms with van der Waals surface area (Å²) >= 11 is 0. The van der Waals surface area contributed by atoms with Crippen LogP contribution in [0.2, 0.25) is 0 Å². The first-order valence-electron chi connectivity index (χ1n) is 4.55. The van der Waals surface area contributed by atoms with E-state index in [0.29, 0.717) is 0 Å². The molecule has 2 saturated heterocycles. The summed E-state index contributed by atoms with van der Waals surface area (Å²) in [4.78, 5) is 0. The molecule has 4 atom stereocenters. The fourth-order valence-corrected chi connectivity index (χ4v) is 1.98. The number of halogens is 3. The van der Waals surface area contributed by atoms with Crippen molar-refractivity contribution in [2.75, 3.05) is 13.7 Å². The molecule has 0 unspecified atom stereocenters. The topological polar surface area (TPSA) is 74.4 Å². The highest BCUT2D eigenvalue weighted by Crippen LogP contribution is 2.40. The van der Waals surface area contributed by atoms with Gasteiger partial charge in [0.25, 0.3) is 0 Å². The molecular weight excluding hydrogens is 269 g/mol. The zero-order valence-electron chi connectivity index (χ0n) is 8.51. The Morgan fingerprint density at radius 1 is 1.24 bits per heavy atom. The molecule has 0 N–H and O–H groups in total. The monoisotopic (exact) mass is 278 g/mol. The smallest absolute Gasteiger partial charge is 0.361 e. The second kappa shape index (κ2) is 4.05. The van der Waals surface area contributed by atoms with Crippen molar-refractivity contribution in [1.29, 1.82) is 0 Å². The minimum Gasteiger partial charge on any atom is -0.361 e. The van der Waals surface area contributed by atoms with Crippen molar-refractivity contribution in [3.05, 3.63) is 0 Å². The van der Waals surface area contributed by atoms with E-state index in [9.17, 15) is 21.6 Å². The van der Waals surface area contributed by atoms with E-state index in [1.165, 1.54) is 7.11 Å². The van der Waals surface area contributed by atoms with Gasteiger partial charge in [-0.05, 0) is 0 Å². The molecule has 0 aromatic carbocycles. The van der Waals surface area contributed by atoms with E-state index in [2.05, 4.69) is 4.18 Å². The second-order valence-corrected chi connectivity index (χ2v) is 5.14. The first-order valence-corrected chi connectivity index (χ1v) is 5.96. The standard InChI is InChI=1S/C7H9F3O6S/c1-13-6-5-4(16-5)3(15-6)2-14-17(11,12)7(8,9)10/h3-6H,2H2,1H3/t3-,4-,5-,6+/m1/s1. The molecule has 0 amide bonds. The van der Waals surface area contributed by atoms with Crippen LogP contribution in [-0.2, 0) is 28.5 Å². The third-order valence-corrected chi connectivity index (χ3v) is 3.42. The van der Waals surface area contributed by atoms with Gasteiger partial charge in [-0.3, -0.25) is 4.18 Å². The third-order valence-electron chi connectivity index (χ3n) is 2.41. The number of rotatable bonds is 4. The zero-order valence-corrected chi connectivity index (χ0v) is 9.32. The first kappa shape index (κ1) is 13.0. The van der Waals surface area contributed by atoms with Crippen LogP contribution < -0.4 is 0 Å². The molecule has 0 aromatic heterocycles. The Bertz CT molecular complexity index is 393. The summed E-state index contributed by atoms with van der Waals surface area (Å²) in [7, 11) is -4.24. The molecular formula is C7H9F3O6S. The summed E-state index contributed by atoms with van der Waals surface area (Å²) in [5.74, 6) is 0. The Balaban J connectivity index is 1.89. The van der Waals surface area contributed by atoms with E-state index in [0.717, 1.165) is 0 Å². The Morgan fingerprint density at radius 3 is 2.35 bits per heavy atom. The zero-order chi connectivity index (χ0) is 12.8. The molecule has 2 heterocycles. The quantitative estimate of drug-likeness (QED) is 0.409. The highest BCUT2D eigenvalue weighted by molar-refractivity contribution is 7.87. The van der Waals surface area contributed by atoms with Crippen molar-refractivity contribution in [3.8, 4) is 0 Å². The van der Waals surface area contributed by atoms with Crippen LogP contribution in [0.1, 0.15) is 0 Å². The summed E-state index contributed by atoms with van der Waals surface area (Å²) in [5, 5.41) is 0. The van der Waals surface area contributed by atoms with Crippen molar-refractivity contribution >= 4 is 10.1 Å². The molecule has 10 heteroatoms. The number of ether oxygens (including phenoxy) is 3. The number of alkyl halides is 3. The number of fused-ring (bicyclic) bond motifs is 1. The Hall–Kier alpha value is -0.420. The summed E-state index contributed by atoms with van der Waals surface area (Å²) in [6, 6.07) is 0. The maximum Gasteiger partial charge on any atom is 0.523 e. The summed E-state index contributed by atoms with van der Waals surface area (Å²) in [5.41, 5.74) is -5.43. The van der Waals surface area contributed by atoms with Crippen molar-refractivity contribution in [2.45, 2.75) is 30.1 Å². The van der Waals surface area contributed by atoms with Gasteiger partial charge < -0.3 is 14.2 Å². The molecule has 0 radical (unpaired) electrons. The number of epoxide rings is 1. The number of hydrogen-bond acceptors (Lipinski definition) is 6. The number of hydrogen-bond donors (Lipinski definition) is 0. The SMILES string of the molecule is CO[C@H]1O[C@H](COS(=O)(=O)C(F)(F)F)[C@H]2O[C@@H]12. The Kier molecular flexibility index (Phi) is 3.11. The molecule has 2 rings (SSSR count). The van der Waals surface area contributed by atoms with Crippen molar-refractivity contribution < 1.29 is 40.0 Å². The van der Waals surface area contributed by atoms with E-state index in [1.54, 1.807) is 0 Å². The Morgan fingerprint density at radius 2 is 1.88 bits per heavy atom. The predicted octanol–water partition coefficient (Wildman–Crippen LogP) is -0.00870. The van der Waals surface area contributed by atoms with Crippen molar-refractivity contribution in [2.24, 2.45) is 0 Å². The van der Waals surface area contributed by atoms with Crippen LogP contribution in [0.3, 0.4) is 0 Å². The average molecular weight is 278 g/mol. The molecule has 2 aliphatic heterocycles. The predicted molar refractivity (Wildman–Crippen MR) is 45.3 cm³/mol. The molecule has 0 spiro atoms. The highest BCUT2D eigenvalue weighted by Gasteiger charge is 2.59. The van der Waals surface area contributed by atoms with Crippen molar-refractivity contribution in [3.63, 3.8) is 0 Å². The van der Waals surface area contributed by atoms with Gasteiger partial charge in [0.2, 0.25) is 0 Å². The maximum atomic E-state index is 11.9. The lowest BCUT2D eigenvalue weighted by atomic mass is 10.2. The lowest BCUT2D eigenvalue weighted by Gasteiger charge is -2.16. The van der Waals surface area contributed by atoms with E-state index >= 15 is 0 Å². The molecule has 0 saturated carbocycles. The van der Waals surface area contributed by atoms with Crippen LogP contribution in [0.25, 0.3) is 0 Å². The second-order valence-electron chi connectivity index (χ2n) is 3.53. The highest BCUT2D eigenvalue weighted by atomic mass is 32.2. The van der Waals surface area contributed by atoms with Crippen LogP contribution in [0.4, 0.5) is 13.2 Å². The number of methoxy groups -OCH3 is 1. The van der Waals surface area contributed by atoms with Crippen LogP contribution in [-0.4, -0.2) is 52.2 Å². The van der Waals surface area contributed by atoms with Gasteiger partial charge in [0.1, 0.15) is 18.3 Å². The van der Waals surface area contributed by atoms with E-state index in [-0.39, 0.29) is 6.10 Å². The van der Waals surface area contributed by atoms with Gasteiger partial charge in [-0.2, -0.15) is 21.6 Å². The van der Waals surface area contributed by atoms with Gasteiger partial charge in [-0.1, -0.05) is 0 Å². The molecule has 0 bridgehead atoms. The van der Waals surface area contributed by atoms with E-state index in [4.69, 9.17) is 14.2 Å². The van der Waals surface area contributed by atoms with Crippen LogP contribution in [0, 0.1) is 0 Å². The minimum absolute atomic E-state index is 0.359. The lowest BCUT2D eigenvalue weighted by Crippen LogP contribution is -2.31. The van der Waals surface area contributed by atoms with Gasteiger partial charge in [0.15, 0.2) is 6.29 Å². The largest absolute Gasteiger partial charge is 0.523 e. The van der Waals surface area contributed by atoms with Crippen LogP contribution in [0.5, 0.6) is 0 Å². The van der Waals surface area contributed by atoms with Gasteiger partial charge in [-0.25, -0.2) is 0 Å². The van der Waals surface area contributed by atoms with Crippen LogP contribution in [0.15, 0.2) is 0 Å². The average Bonchev–Trinajstić information content (AvgIpc) is 2.91. The summed E-state index contributed by atoms with van der Waals surface area (Å²) in [6.45, 7) is -0.747. The van der Waals surface area contributed by atoms with E-state index in [1.807, 2.05) is 0 Å². The van der Waals surface area contributed by atoms with Crippen LogP contribution >= 0.6 is 0 Å². The summed E-state index contributed by atoms with van der Waals surface area (Å²) < 4.78 is 75.8. The maximum absolute atomic E-state index is 11.9. The fraction of sp³-hybridized carbons (Fsp3) is 1.00. The Labute approximate surface area is 94.7 Å². The lowest BCUT2D eigenvalue weighted by molar-refractivity contribution is -0.165. The van der Waals surface area contributed by atoms with Gasteiger partial charge >= 0.3 is 15.6 Å². The molecule has 100 valence electrons. The first-order chi connectivity index (χ1) is 7.76. The van der Waals surface area contributed by atoms with Gasteiger partial charge in [0, 0.05) is 7.11 Å². The minimum atomic E-state index is -5.59. The third kappa shape index (κ3) is 2.40. The van der Waals surface area contributed by atoms with Crippen molar-refractivity contribution in [1.82, 2.24) is 0 Å². The molecule has 0 aliphatic carbocycles. The fourth-order valence-electron chi connectivity index (χ4n) is 1.53. The molecule has 17 heavy (non-hydrogen) atoms. The summed E-state index contributed by atoms with van der Waals surface area (Å²) in [6.07, 6.45) is -2.39. The molecule has 2 aliphatic rings. The van der Waals surface area contributed by atoms with Gasteiger partial charge in [0.05, 0.1) is 6.61 Å². The molecule has 2 fully saturated rings. The molecule has 6 nitrogen and oxygen atoms in total.